The average molecular weight is 341 g/mol. The van der Waals surface area contributed by atoms with Crippen LogP contribution in [0.25, 0.3) is 0 Å². The third-order valence-electron chi connectivity index (χ3n) is 3.95. The Labute approximate surface area is 134 Å². The van der Waals surface area contributed by atoms with Gasteiger partial charge < -0.3 is 10.2 Å². The molecule has 2 rings (SSSR count). The van der Waals surface area contributed by atoms with Gasteiger partial charge in [0.1, 0.15) is 5.69 Å². The van der Waals surface area contributed by atoms with Crippen molar-refractivity contribution in [2.45, 2.75) is 17.7 Å². The van der Waals surface area contributed by atoms with Crippen molar-refractivity contribution in [3.8, 4) is 0 Å². The van der Waals surface area contributed by atoms with Gasteiger partial charge in [0, 0.05) is 32.5 Å². The number of rotatable bonds is 4. The van der Waals surface area contributed by atoms with Gasteiger partial charge in [-0.15, -0.1) is 0 Å². The number of piperidine rings is 1. The van der Waals surface area contributed by atoms with Crippen LogP contribution in [0.15, 0.2) is 23.1 Å². The molecule has 0 radical (unpaired) electrons. The van der Waals surface area contributed by atoms with Gasteiger partial charge in [-0.2, -0.15) is 0 Å². The first-order chi connectivity index (χ1) is 10.7. The predicted octanol–water partition coefficient (Wildman–Crippen LogP) is 0.961. The Kier molecular flexibility index (Phi) is 4.88. The lowest BCUT2D eigenvalue weighted by Crippen LogP contribution is -2.42. The van der Waals surface area contributed by atoms with Crippen LogP contribution in [-0.2, 0) is 14.6 Å². The number of nitro benzene ring substituents is 1. The Morgan fingerprint density at radius 2 is 2.13 bits per heavy atom. The van der Waals surface area contributed by atoms with Crippen molar-refractivity contribution in [3.63, 3.8) is 0 Å². The Bertz CT molecular complexity index is 732. The van der Waals surface area contributed by atoms with Crippen LogP contribution in [0.2, 0.25) is 0 Å². The first-order valence-corrected chi connectivity index (χ1v) is 9.08. The maximum absolute atomic E-state index is 11.8. The Morgan fingerprint density at radius 1 is 1.43 bits per heavy atom. The monoisotopic (exact) mass is 341 g/mol. The second-order valence-corrected chi connectivity index (χ2v) is 7.59. The van der Waals surface area contributed by atoms with E-state index in [1.54, 1.807) is 11.9 Å². The van der Waals surface area contributed by atoms with Crippen LogP contribution < -0.4 is 10.2 Å². The van der Waals surface area contributed by atoms with E-state index in [2.05, 4.69) is 5.32 Å². The lowest BCUT2D eigenvalue weighted by molar-refractivity contribution is -0.384. The molecule has 23 heavy (non-hydrogen) atoms. The summed E-state index contributed by atoms with van der Waals surface area (Å²) in [6, 6.07) is 3.89. The van der Waals surface area contributed by atoms with Gasteiger partial charge in [-0.25, -0.2) is 8.42 Å². The number of nitrogens with one attached hydrogen (secondary N) is 1. The molecule has 1 aromatic carbocycles. The second-order valence-electron chi connectivity index (χ2n) is 5.58. The number of benzene rings is 1. The quantitative estimate of drug-likeness (QED) is 0.645. The minimum Gasteiger partial charge on any atom is -0.365 e. The van der Waals surface area contributed by atoms with Crippen LogP contribution in [0.1, 0.15) is 12.8 Å². The van der Waals surface area contributed by atoms with Crippen LogP contribution in [0.5, 0.6) is 0 Å². The summed E-state index contributed by atoms with van der Waals surface area (Å²) in [7, 11) is -1.96. The van der Waals surface area contributed by atoms with Crippen LogP contribution in [0.4, 0.5) is 11.4 Å². The van der Waals surface area contributed by atoms with Gasteiger partial charge in [-0.3, -0.25) is 14.9 Å². The number of nitrogens with zero attached hydrogens (tertiary/aromatic N) is 2. The van der Waals surface area contributed by atoms with Gasteiger partial charge in [0.2, 0.25) is 5.91 Å². The van der Waals surface area contributed by atoms with Crippen LogP contribution in [-0.4, -0.2) is 45.6 Å². The number of nitro groups is 1. The summed E-state index contributed by atoms with van der Waals surface area (Å²) in [6.07, 6.45) is 2.47. The topological polar surface area (TPSA) is 110 Å². The Hall–Kier alpha value is -2.16. The molecule has 8 nitrogen and oxygen atoms in total. The Balaban J connectivity index is 2.38. The van der Waals surface area contributed by atoms with Gasteiger partial charge in [0.05, 0.1) is 15.7 Å². The molecule has 1 atom stereocenters. The predicted molar refractivity (Wildman–Crippen MR) is 85.2 cm³/mol. The van der Waals surface area contributed by atoms with E-state index in [4.69, 9.17) is 0 Å². The molecule has 1 aromatic rings. The number of anilines is 1. The highest BCUT2D eigenvalue weighted by Crippen LogP contribution is 2.33. The molecule has 1 aliphatic rings. The van der Waals surface area contributed by atoms with Crippen molar-refractivity contribution >= 4 is 27.1 Å². The largest absolute Gasteiger partial charge is 0.365 e. The summed E-state index contributed by atoms with van der Waals surface area (Å²) in [5.41, 5.74) is 0.0847. The molecule has 1 saturated heterocycles. The van der Waals surface area contributed by atoms with Gasteiger partial charge in [-0.05, 0) is 25.0 Å². The maximum atomic E-state index is 11.8. The lowest BCUT2D eigenvalue weighted by Gasteiger charge is -2.33. The van der Waals surface area contributed by atoms with Gasteiger partial charge in [0.15, 0.2) is 9.84 Å². The number of hydrogen-bond acceptors (Lipinski definition) is 6. The van der Waals surface area contributed by atoms with Gasteiger partial charge in [-0.1, -0.05) is 0 Å². The van der Waals surface area contributed by atoms with Crippen LogP contribution in [0.3, 0.4) is 0 Å². The summed E-state index contributed by atoms with van der Waals surface area (Å²) in [5.74, 6) is -0.326. The molecule has 0 spiro atoms. The maximum Gasteiger partial charge on any atom is 0.293 e. The third kappa shape index (κ3) is 3.79. The van der Waals surface area contributed by atoms with E-state index < -0.39 is 14.8 Å². The fraction of sp³-hybridized carbons (Fsp3) is 0.500. The first kappa shape index (κ1) is 17.2. The zero-order valence-electron chi connectivity index (χ0n) is 13.0. The lowest BCUT2D eigenvalue weighted by atomic mass is 9.96. The van der Waals surface area contributed by atoms with E-state index in [0.29, 0.717) is 18.8 Å². The van der Waals surface area contributed by atoms with Gasteiger partial charge >= 0.3 is 0 Å². The van der Waals surface area contributed by atoms with E-state index in [9.17, 15) is 23.3 Å². The summed E-state index contributed by atoms with van der Waals surface area (Å²) in [4.78, 5) is 24.2. The van der Waals surface area contributed by atoms with E-state index in [1.807, 2.05) is 0 Å². The average Bonchev–Trinajstić information content (AvgIpc) is 2.52. The molecular formula is C14H19N3O5S. The van der Waals surface area contributed by atoms with Crippen molar-refractivity contribution < 1.29 is 18.1 Å². The first-order valence-electron chi connectivity index (χ1n) is 7.19. The molecule has 126 valence electrons. The number of carbonyl (C=O) groups excluding carboxylic acids is 1. The van der Waals surface area contributed by atoms with Crippen molar-refractivity contribution in [1.29, 1.82) is 0 Å². The highest BCUT2D eigenvalue weighted by molar-refractivity contribution is 7.90. The summed E-state index contributed by atoms with van der Waals surface area (Å²) >= 11 is 0. The molecule has 1 heterocycles. The van der Waals surface area contributed by atoms with Crippen molar-refractivity contribution in [2.75, 3.05) is 31.3 Å². The number of carbonyl (C=O) groups is 1. The van der Waals surface area contributed by atoms with Crippen LogP contribution in [0, 0.1) is 16.0 Å². The highest BCUT2D eigenvalue weighted by atomic mass is 32.2. The minimum atomic E-state index is -3.52. The molecule has 1 fully saturated rings. The molecule has 1 aliphatic heterocycles. The van der Waals surface area contributed by atoms with Gasteiger partial charge in [0.25, 0.3) is 5.69 Å². The van der Waals surface area contributed by atoms with E-state index in [0.717, 1.165) is 25.2 Å². The zero-order valence-corrected chi connectivity index (χ0v) is 13.8. The van der Waals surface area contributed by atoms with Crippen molar-refractivity contribution in [2.24, 2.45) is 5.92 Å². The summed E-state index contributed by atoms with van der Waals surface area (Å²) < 4.78 is 23.2. The van der Waals surface area contributed by atoms with E-state index in [1.165, 1.54) is 12.1 Å². The summed E-state index contributed by atoms with van der Waals surface area (Å²) in [6.45, 7) is 0.964. The van der Waals surface area contributed by atoms with Crippen molar-refractivity contribution in [1.82, 2.24) is 5.32 Å². The summed E-state index contributed by atoms with van der Waals surface area (Å²) in [5, 5.41) is 13.9. The van der Waals surface area contributed by atoms with E-state index in [-0.39, 0.29) is 22.4 Å². The third-order valence-corrected chi connectivity index (χ3v) is 5.06. The molecule has 1 unspecified atom stereocenters. The van der Waals surface area contributed by atoms with Crippen LogP contribution >= 0.6 is 0 Å². The second kappa shape index (κ2) is 6.53. The standard InChI is InChI=1S/C14H19N3O5S/c1-15-14(18)10-4-3-7-16(9-10)12-6-5-11(23(2,21)22)8-13(12)17(19)20/h5-6,8,10H,3-4,7,9H2,1-2H3,(H,15,18). The number of sulfone groups is 1. The fourth-order valence-corrected chi connectivity index (χ4v) is 3.40. The number of hydrogen-bond donors (Lipinski definition) is 1. The molecule has 9 heteroatoms. The molecular weight excluding hydrogens is 322 g/mol. The van der Waals surface area contributed by atoms with Crippen molar-refractivity contribution in [3.05, 3.63) is 28.3 Å². The molecule has 1 amide bonds. The molecule has 0 aromatic heterocycles. The fourth-order valence-electron chi connectivity index (χ4n) is 2.76. The Morgan fingerprint density at radius 3 is 2.70 bits per heavy atom. The molecule has 0 aliphatic carbocycles. The normalized spacial score (nSPS) is 18.5. The molecule has 1 N–H and O–H groups in total. The SMILES string of the molecule is CNC(=O)C1CCCN(c2ccc(S(C)(=O)=O)cc2[N+](=O)[O-])C1. The molecule has 0 saturated carbocycles. The number of amides is 1. The molecule has 0 bridgehead atoms. The van der Waals surface area contributed by atoms with E-state index >= 15 is 0 Å². The minimum absolute atomic E-state index is 0.0900. The smallest absolute Gasteiger partial charge is 0.293 e. The zero-order chi connectivity index (χ0) is 17.2. The highest BCUT2D eigenvalue weighted by Gasteiger charge is 2.29.